The van der Waals surface area contributed by atoms with Gasteiger partial charge in [0.05, 0.1) is 33.1 Å². The van der Waals surface area contributed by atoms with E-state index in [4.69, 9.17) is 11.6 Å². The molecule has 0 fully saturated rings. The first-order chi connectivity index (χ1) is 15.3. The predicted molar refractivity (Wildman–Crippen MR) is 135 cm³/mol. The molecule has 4 aromatic rings. The average molecular weight is 529 g/mol. The molecule has 1 aromatic heterocycles. The first-order valence-electron chi connectivity index (χ1n) is 9.80. The summed E-state index contributed by atoms with van der Waals surface area (Å²) in [6.07, 6.45) is 0. The molecule has 0 bridgehead atoms. The van der Waals surface area contributed by atoms with Gasteiger partial charge in [-0.05, 0) is 67.4 Å². The molecule has 0 aliphatic heterocycles. The van der Waals surface area contributed by atoms with Gasteiger partial charge in [0.1, 0.15) is 0 Å². The van der Waals surface area contributed by atoms with E-state index in [1.54, 1.807) is 12.1 Å². The van der Waals surface area contributed by atoms with Crippen LogP contribution < -0.4 is 10.9 Å². The van der Waals surface area contributed by atoms with Gasteiger partial charge >= 0.3 is 0 Å². The number of halogens is 2. The Bertz CT molecular complexity index is 1360. The number of hydrogen-bond acceptors (Lipinski definition) is 4. The number of para-hydroxylation sites is 1. The van der Waals surface area contributed by atoms with Crippen LogP contribution in [0.15, 0.2) is 75.1 Å². The van der Waals surface area contributed by atoms with Crippen LogP contribution in [-0.4, -0.2) is 21.2 Å². The van der Waals surface area contributed by atoms with Crippen LogP contribution >= 0.6 is 39.3 Å². The lowest BCUT2D eigenvalue weighted by Crippen LogP contribution is -2.23. The zero-order valence-corrected chi connectivity index (χ0v) is 20.5. The average Bonchev–Trinajstić information content (AvgIpc) is 2.76. The van der Waals surface area contributed by atoms with Crippen LogP contribution in [-0.2, 0) is 4.79 Å². The molecule has 0 radical (unpaired) electrons. The number of fused-ring (bicyclic) bond motifs is 1. The van der Waals surface area contributed by atoms with Crippen LogP contribution in [0.1, 0.15) is 11.1 Å². The van der Waals surface area contributed by atoms with Crippen molar-refractivity contribution in [1.29, 1.82) is 0 Å². The summed E-state index contributed by atoms with van der Waals surface area (Å²) < 4.78 is 2.44. The number of carbonyl (C=O) groups excluding carboxylic acids is 1. The lowest BCUT2D eigenvalue weighted by molar-refractivity contribution is -0.113. The van der Waals surface area contributed by atoms with Crippen LogP contribution in [0.5, 0.6) is 0 Å². The number of aromatic nitrogens is 2. The van der Waals surface area contributed by atoms with Crippen molar-refractivity contribution in [1.82, 2.24) is 9.55 Å². The Balaban J connectivity index is 1.67. The summed E-state index contributed by atoms with van der Waals surface area (Å²) in [7, 11) is 0. The van der Waals surface area contributed by atoms with Crippen molar-refractivity contribution >= 4 is 61.8 Å². The highest BCUT2D eigenvalue weighted by Gasteiger charge is 2.16. The van der Waals surface area contributed by atoms with Crippen LogP contribution in [0.2, 0.25) is 5.02 Å². The van der Waals surface area contributed by atoms with E-state index in [2.05, 4.69) is 26.2 Å². The summed E-state index contributed by atoms with van der Waals surface area (Å²) >= 11 is 10.9. The molecule has 3 aromatic carbocycles. The van der Waals surface area contributed by atoms with E-state index in [-0.39, 0.29) is 17.2 Å². The minimum Gasteiger partial charge on any atom is -0.324 e. The first-order valence-corrected chi connectivity index (χ1v) is 12.0. The Morgan fingerprint density at radius 2 is 1.84 bits per heavy atom. The minimum absolute atomic E-state index is 0.0744. The summed E-state index contributed by atoms with van der Waals surface area (Å²) in [6.45, 7) is 3.85. The molecule has 1 heterocycles. The number of amides is 1. The van der Waals surface area contributed by atoms with Gasteiger partial charge in [-0.15, -0.1) is 0 Å². The summed E-state index contributed by atoms with van der Waals surface area (Å²) in [5.74, 6) is -0.154. The van der Waals surface area contributed by atoms with E-state index in [9.17, 15) is 9.59 Å². The van der Waals surface area contributed by atoms with Crippen molar-refractivity contribution in [3.05, 3.63) is 91.6 Å². The van der Waals surface area contributed by atoms with E-state index in [0.29, 0.717) is 32.5 Å². The van der Waals surface area contributed by atoms with Gasteiger partial charge < -0.3 is 5.32 Å². The molecule has 5 nitrogen and oxygen atoms in total. The van der Waals surface area contributed by atoms with Crippen molar-refractivity contribution in [3.8, 4) is 5.69 Å². The fourth-order valence-corrected chi connectivity index (χ4v) is 4.85. The molecule has 0 aliphatic rings. The van der Waals surface area contributed by atoms with Crippen LogP contribution in [0, 0.1) is 13.8 Å². The van der Waals surface area contributed by atoms with Gasteiger partial charge in [-0.3, -0.25) is 14.2 Å². The number of aryl methyl sites for hydroxylation is 2. The molecule has 0 spiro atoms. The molecular weight excluding hydrogens is 510 g/mol. The summed E-state index contributed by atoms with van der Waals surface area (Å²) in [5.41, 5.74) is 3.60. The maximum Gasteiger partial charge on any atom is 0.266 e. The summed E-state index contributed by atoms with van der Waals surface area (Å²) in [4.78, 5) is 30.6. The number of nitrogens with zero attached hydrogens (tertiary/aromatic N) is 2. The fourth-order valence-electron chi connectivity index (χ4n) is 3.41. The number of anilines is 1. The third kappa shape index (κ3) is 4.75. The number of carbonyl (C=O) groups is 1. The highest BCUT2D eigenvalue weighted by Crippen LogP contribution is 2.28. The SMILES string of the molecule is Cc1cc(C)c(NC(=O)CSc2nc3ccccc3c(=O)n2-c2ccc(Br)cc2)c(Cl)c1. The Kier molecular flexibility index (Phi) is 6.69. The topological polar surface area (TPSA) is 64.0 Å². The van der Waals surface area contributed by atoms with Crippen LogP contribution in [0.3, 0.4) is 0 Å². The molecule has 0 atom stereocenters. The highest BCUT2D eigenvalue weighted by molar-refractivity contribution is 9.10. The normalized spacial score (nSPS) is 11.0. The quantitative estimate of drug-likeness (QED) is 0.249. The molecule has 0 aliphatic carbocycles. The van der Waals surface area contributed by atoms with Crippen LogP contribution in [0.25, 0.3) is 16.6 Å². The Labute approximate surface area is 203 Å². The molecule has 1 N–H and O–H groups in total. The molecule has 0 saturated carbocycles. The third-order valence-electron chi connectivity index (χ3n) is 4.86. The van der Waals surface area contributed by atoms with Crippen molar-refractivity contribution in [2.75, 3.05) is 11.1 Å². The second kappa shape index (κ2) is 9.48. The van der Waals surface area contributed by atoms with Gasteiger partial charge in [0.25, 0.3) is 5.56 Å². The van der Waals surface area contributed by atoms with E-state index in [0.717, 1.165) is 15.6 Å². The second-order valence-electron chi connectivity index (χ2n) is 7.30. The smallest absolute Gasteiger partial charge is 0.266 e. The molecule has 8 heteroatoms. The molecule has 0 unspecified atom stereocenters. The Morgan fingerprint density at radius 3 is 2.56 bits per heavy atom. The maximum absolute atomic E-state index is 13.3. The van der Waals surface area contributed by atoms with Gasteiger partial charge in [0, 0.05) is 4.47 Å². The lowest BCUT2D eigenvalue weighted by atomic mass is 10.1. The van der Waals surface area contributed by atoms with Crippen LogP contribution in [0.4, 0.5) is 5.69 Å². The molecule has 4 rings (SSSR count). The van der Waals surface area contributed by atoms with E-state index < -0.39 is 0 Å². The van der Waals surface area contributed by atoms with Crippen molar-refractivity contribution in [3.63, 3.8) is 0 Å². The summed E-state index contributed by atoms with van der Waals surface area (Å²) in [6, 6.07) is 18.4. The number of hydrogen-bond donors (Lipinski definition) is 1. The highest BCUT2D eigenvalue weighted by atomic mass is 79.9. The summed E-state index contributed by atoms with van der Waals surface area (Å²) in [5, 5.41) is 4.34. The van der Waals surface area contributed by atoms with Gasteiger partial charge in [-0.25, -0.2) is 4.98 Å². The van der Waals surface area contributed by atoms with E-state index in [1.165, 1.54) is 16.3 Å². The number of nitrogens with one attached hydrogen (secondary N) is 1. The van der Waals surface area contributed by atoms with E-state index in [1.807, 2.05) is 62.4 Å². The Morgan fingerprint density at radius 1 is 1.12 bits per heavy atom. The minimum atomic E-state index is -0.228. The predicted octanol–water partition coefficient (Wildman–Crippen LogP) is 6.15. The van der Waals surface area contributed by atoms with Crippen molar-refractivity contribution in [2.24, 2.45) is 0 Å². The monoisotopic (exact) mass is 527 g/mol. The zero-order valence-electron chi connectivity index (χ0n) is 17.4. The second-order valence-corrected chi connectivity index (χ2v) is 9.57. The standard InChI is InChI=1S/C24H19BrClN3O2S/c1-14-11-15(2)22(19(26)12-14)28-21(30)13-32-24-27-20-6-4-3-5-18(20)23(31)29(24)17-9-7-16(25)8-10-17/h3-12H,13H2,1-2H3,(H,28,30). The van der Waals surface area contributed by atoms with Crippen molar-refractivity contribution < 1.29 is 4.79 Å². The van der Waals surface area contributed by atoms with Gasteiger partial charge in [-0.1, -0.05) is 57.5 Å². The fraction of sp³-hybridized carbons (Fsp3) is 0.125. The first kappa shape index (κ1) is 22.6. The molecular formula is C24H19BrClN3O2S. The van der Waals surface area contributed by atoms with Crippen molar-refractivity contribution in [2.45, 2.75) is 19.0 Å². The molecule has 162 valence electrons. The largest absolute Gasteiger partial charge is 0.324 e. The molecule has 0 saturated heterocycles. The number of benzene rings is 3. The zero-order chi connectivity index (χ0) is 22.8. The van der Waals surface area contributed by atoms with Gasteiger partial charge in [-0.2, -0.15) is 0 Å². The lowest BCUT2D eigenvalue weighted by Gasteiger charge is -2.14. The van der Waals surface area contributed by atoms with E-state index >= 15 is 0 Å². The van der Waals surface area contributed by atoms with Gasteiger partial charge in [0.2, 0.25) is 5.91 Å². The Hall–Kier alpha value is -2.61. The number of thioether (sulfide) groups is 1. The third-order valence-corrected chi connectivity index (χ3v) is 6.62. The van der Waals surface area contributed by atoms with Gasteiger partial charge in [0.15, 0.2) is 5.16 Å². The molecule has 32 heavy (non-hydrogen) atoms. The maximum atomic E-state index is 13.3. The number of rotatable bonds is 5. The molecule has 1 amide bonds.